The zero-order chi connectivity index (χ0) is 43.6. The van der Waals surface area contributed by atoms with Gasteiger partial charge in [-0.05, 0) is 129 Å². The molecule has 0 saturated heterocycles. The van der Waals surface area contributed by atoms with Crippen molar-refractivity contribution >= 4 is 35.2 Å². The molecule has 5 rings (SSSR count). The van der Waals surface area contributed by atoms with Crippen molar-refractivity contribution in [1.29, 1.82) is 0 Å². The molecule has 5 amide bonds. The SMILES string of the molecule is CC(C)CCCC(C)[C@H]1CC[C@H]2[C@@H]3CC=C4C[C@@H](OCCCNC(=O)CCC(=O)NC(C)C(=O)NC(CC(N)=O)C(=O)Nc5ccc(CO)cc5)CC[C@]4(C)[C@H]3CC[C@]12C. The molecule has 1 aromatic rings. The van der Waals surface area contributed by atoms with Gasteiger partial charge in [-0.1, -0.05) is 77.7 Å². The first-order valence-corrected chi connectivity index (χ1v) is 23.0. The Hall–Kier alpha value is -3.77. The number of nitrogens with two attached hydrogens (primary N) is 1. The van der Waals surface area contributed by atoms with Crippen LogP contribution in [0.1, 0.15) is 143 Å². The molecule has 10 atom stereocenters. The minimum Gasteiger partial charge on any atom is -0.392 e. The van der Waals surface area contributed by atoms with E-state index in [0.717, 1.165) is 48.3 Å². The molecule has 4 aliphatic rings. The molecule has 0 aliphatic heterocycles. The van der Waals surface area contributed by atoms with Crippen LogP contribution in [0.15, 0.2) is 35.9 Å². The molecule has 0 bridgehead atoms. The molecule has 0 heterocycles. The zero-order valence-corrected chi connectivity index (χ0v) is 37.3. The molecule has 60 heavy (non-hydrogen) atoms. The highest BCUT2D eigenvalue weighted by atomic mass is 16.5. The number of allylic oxidation sites excluding steroid dienone is 1. The molecular formula is C48H75N5O7. The summed E-state index contributed by atoms with van der Waals surface area (Å²) in [5.41, 5.74) is 8.77. The Bertz CT molecular complexity index is 1680. The minimum atomic E-state index is -1.27. The van der Waals surface area contributed by atoms with E-state index < -0.39 is 42.1 Å². The third-order valence-electron chi connectivity index (χ3n) is 15.0. The highest BCUT2D eigenvalue weighted by Gasteiger charge is 2.59. The maximum absolute atomic E-state index is 12.8. The number of aliphatic hydroxyl groups is 1. The average Bonchev–Trinajstić information content (AvgIpc) is 3.57. The Morgan fingerprint density at radius 2 is 1.60 bits per heavy atom. The summed E-state index contributed by atoms with van der Waals surface area (Å²) in [4.78, 5) is 62.4. The zero-order valence-electron chi connectivity index (χ0n) is 37.3. The number of carbonyl (C=O) groups is 5. The van der Waals surface area contributed by atoms with Gasteiger partial charge in [0.15, 0.2) is 0 Å². The summed E-state index contributed by atoms with van der Waals surface area (Å²) < 4.78 is 6.38. The van der Waals surface area contributed by atoms with Crippen LogP contribution in [0.25, 0.3) is 0 Å². The molecule has 3 fully saturated rings. The van der Waals surface area contributed by atoms with Crippen LogP contribution < -0.4 is 27.0 Å². The van der Waals surface area contributed by atoms with Crippen molar-refractivity contribution in [3.8, 4) is 0 Å². The summed E-state index contributed by atoms with van der Waals surface area (Å²) in [7, 11) is 0. The molecule has 0 radical (unpaired) electrons. The maximum atomic E-state index is 12.8. The molecular weight excluding hydrogens is 759 g/mol. The van der Waals surface area contributed by atoms with Crippen LogP contribution in [0.3, 0.4) is 0 Å². The number of nitrogens with one attached hydrogen (secondary N) is 4. The average molecular weight is 834 g/mol. The number of carbonyl (C=O) groups excluding carboxylic acids is 5. The number of benzene rings is 1. The van der Waals surface area contributed by atoms with E-state index in [4.69, 9.17) is 10.5 Å². The van der Waals surface area contributed by atoms with Crippen molar-refractivity contribution < 1.29 is 33.8 Å². The number of ether oxygens (including phenoxy) is 1. The van der Waals surface area contributed by atoms with Crippen LogP contribution >= 0.6 is 0 Å². The standard InChI is InChI=1S/C48H75N5O7/c1-30(2)9-7-10-31(3)38-17-18-39-37-16-13-34-27-36(21-23-47(34,5)40(37)22-24-48(38,39)6)60-26-8-25-50-43(56)19-20-44(57)51-32(4)45(58)53-41(28-42(49)55)46(59)52-35-14-11-33(29-54)12-15-35/h11-15,30-32,36-41,54H,7-10,16-29H2,1-6H3,(H2,49,55)(H,50,56)(H,51,57)(H,52,59)(H,53,58)/t31?,32?,36-,37-,38+,39-,40-,41?,47-,48+/m0/s1. The molecule has 3 saturated carbocycles. The molecule has 0 aromatic heterocycles. The van der Waals surface area contributed by atoms with Crippen molar-refractivity contribution in [3.05, 3.63) is 41.5 Å². The predicted octanol–water partition coefficient (Wildman–Crippen LogP) is 6.70. The van der Waals surface area contributed by atoms with E-state index in [9.17, 15) is 29.1 Å². The van der Waals surface area contributed by atoms with Crippen LogP contribution in [-0.4, -0.2) is 66.0 Å². The monoisotopic (exact) mass is 834 g/mol. The molecule has 7 N–H and O–H groups in total. The summed E-state index contributed by atoms with van der Waals surface area (Å²) in [6.45, 7) is 14.8. The van der Waals surface area contributed by atoms with Crippen LogP contribution in [0.5, 0.6) is 0 Å². The van der Waals surface area contributed by atoms with Crippen molar-refractivity contribution in [3.63, 3.8) is 0 Å². The van der Waals surface area contributed by atoms with Crippen molar-refractivity contribution in [2.75, 3.05) is 18.5 Å². The van der Waals surface area contributed by atoms with Gasteiger partial charge in [0.1, 0.15) is 12.1 Å². The number of primary amides is 1. The third kappa shape index (κ3) is 12.0. The van der Waals surface area contributed by atoms with Crippen LogP contribution in [0, 0.1) is 46.3 Å². The van der Waals surface area contributed by atoms with Gasteiger partial charge in [0.05, 0.1) is 19.1 Å². The number of rotatable bonds is 21. The first kappa shape index (κ1) is 47.3. The Morgan fingerprint density at radius 3 is 2.30 bits per heavy atom. The maximum Gasteiger partial charge on any atom is 0.247 e. The summed E-state index contributed by atoms with van der Waals surface area (Å²) in [6.07, 6.45) is 17.1. The second-order valence-corrected chi connectivity index (χ2v) is 19.6. The van der Waals surface area contributed by atoms with Crippen LogP contribution in [0.2, 0.25) is 0 Å². The van der Waals surface area contributed by atoms with Gasteiger partial charge in [-0.3, -0.25) is 24.0 Å². The second kappa shape index (κ2) is 21.3. The number of hydrogen-bond acceptors (Lipinski definition) is 7. The molecule has 334 valence electrons. The van der Waals surface area contributed by atoms with Crippen molar-refractivity contribution in [1.82, 2.24) is 16.0 Å². The number of anilines is 1. The Morgan fingerprint density at radius 1 is 0.867 bits per heavy atom. The highest BCUT2D eigenvalue weighted by Crippen LogP contribution is 2.67. The van der Waals surface area contributed by atoms with E-state index in [1.54, 1.807) is 29.8 Å². The molecule has 1 aromatic carbocycles. The van der Waals surface area contributed by atoms with Crippen molar-refractivity contribution in [2.24, 2.45) is 52.1 Å². The van der Waals surface area contributed by atoms with Gasteiger partial charge in [0.2, 0.25) is 29.5 Å². The Kier molecular flexibility index (Phi) is 16.8. The lowest BCUT2D eigenvalue weighted by atomic mass is 9.47. The normalized spacial score (nSPS) is 28.5. The van der Waals surface area contributed by atoms with Gasteiger partial charge in [0.25, 0.3) is 0 Å². The van der Waals surface area contributed by atoms with Crippen molar-refractivity contribution in [2.45, 2.75) is 163 Å². The van der Waals surface area contributed by atoms with Gasteiger partial charge in [-0.2, -0.15) is 0 Å². The van der Waals surface area contributed by atoms with E-state index in [0.29, 0.717) is 36.2 Å². The fraction of sp³-hybridized carbons (Fsp3) is 0.729. The fourth-order valence-electron chi connectivity index (χ4n) is 11.7. The van der Waals surface area contributed by atoms with E-state index in [-0.39, 0.29) is 36.9 Å². The lowest BCUT2D eigenvalue weighted by Crippen LogP contribution is -2.52. The summed E-state index contributed by atoms with van der Waals surface area (Å²) in [5.74, 6) is 2.05. The van der Waals surface area contributed by atoms with Gasteiger partial charge in [-0.25, -0.2) is 0 Å². The highest BCUT2D eigenvalue weighted by molar-refractivity contribution is 6.00. The van der Waals surface area contributed by atoms with E-state index >= 15 is 0 Å². The Labute approximate surface area is 358 Å². The van der Waals surface area contributed by atoms with Gasteiger partial charge in [0, 0.05) is 31.7 Å². The first-order chi connectivity index (χ1) is 28.5. The topological polar surface area (TPSA) is 189 Å². The van der Waals surface area contributed by atoms with Gasteiger partial charge < -0.3 is 36.8 Å². The third-order valence-corrected chi connectivity index (χ3v) is 15.0. The number of hydrogen-bond donors (Lipinski definition) is 6. The summed E-state index contributed by atoms with van der Waals surface area (Å²) in [5, 5.41) is 19.7. The van der Waals surface area contributed by atoms with Gasteiger partial charge in [-0.15, -0.1) is 0 Å². The summed E-state index contributed by atoms with van der Waals surface area (Å²) in [6, 6.07) is 4.10. The molecule has 12 nitrogen and oxygen atoms in total. The largest absolute Gasteiger partial charge is 0.392 e. The van der Waals surface area contributed by atoms with E-state index in [1.165, 1.54) is 64.7 Å². The predicted molar refractivity (Wildman–Crippen MR) is 234 cm³/mol. The molecule has 3 unspecified atom stereocenters. The quantitative estimate of drug-likeness (QED) is 0.0588. The molecule has 4 aliphatic carbocycles. The fourth-order valence-corrected chi connectivity index (χ4v) is 11.7. The van der Waals surface area contributed by atoms with Crippen LogP contribution in [-0.2, 0) is 35.3 Å². The number of amides is 5. The number of fused-ring (bicyclic) bond motifs is 5. The summed E-state index contributed by atoms with van der Waals surface area (Å²) >= 11 is 0. The smallest absolute Gasteiger partial charge is 0.247 e. The minimum absolute atomic E-state index is 0.0433. The number of aliphatic hydroxyl groups excluding tert-OH is 1. The molecule has 12 heteroatoms. The van der Waals surface area contributed by atoms with Crippen LogP contribution in [0.4, 0.5) is 5.69 Å². The Balaban J connectivity index is 0.976. The second-order valence-electron chi connectivity index (χ2n) is 19.6. The van der Waals surface area contributed by atoms with Gasteiger partial charge >= 0.3 is 0 Å². The lowest BCUT2D eigenvalue weighted by molar-refractivity contribution is -0.132. The van der Waals surface area contributed by atoms with E-state index in [2.05, 4.69) is 62.0 Å². The van der Waals surface area contributed by atoms with E-state index in [1.807, 2.05) is 0 Å². The molecule has 0 spiro atoms. The first-order valence-electron chi connectivity index (χ1n) is 23.0. The lowest BCUT2D eigenvalue weighted by Gasteiger charge is -2.58.